The summed E-state index contributed by atoms with van der Waals surface area (Å²) in [5.74, 6) is -1.30. The van der Waals surface area contributed by atoms with Crippen LogP contribution in [0.3, 0.4) is 0 Å². The van der Waals surface area contributed by atoms with Crippen LogP contribution < -0.4 is 0 Å². The minimum Gasteiger partial charge on any atom is -0.481 e. The van der Waals surface area contributed by atoms with E-state index in [1.165, 1.54) is 0 Å². The maximum absolute atomic E-state index is 12.4. The van der Waals surface area contributed by atoms with Crippen molar-refractivity contribution in [3.63, 3.8) is 0 Å². The number of hydrogen-bond acceptors (Lipinski definition) is 2. The van der Waals surface area contributed by atoms with Gasteiger partial charge in [-0.05, 0) is 31.6 Å². The van der Waals surface area contributed by atoms with Gasteiger partial charge in [0, 0.05) is 13.6 Å². The first-order valence-corrected chi connectivity index (χ1v) is 7.09. The Balaban J connectivity index is 2.62. The number of hydrogen-bond donors (Lipinski definition) is 1. The van der Waals surface area contributed by atoms with Crippen molar-refractivity contribution in [1.29, 1.82) is 0 Å². The molecule has 4 nitrogen and oxygen atoms in total. The largest absolute Gasteiger partial charge is 0.481 e. The molecule has 0 radical (unpaired) electrons. The average molecular weight is 267 g/mol. The summed E-state index contributed by atoms with van der Waals surface area (Å²) in [4.78, 5) is 25.3. The fourth-order valence-corrected chi connectivity index (χ4v) is 2.89. The van der Waals surface area contributed by atoms with E-state index in [4.69, 9.17) is 0 Å². The van der Waals surface area contributed by atoms with Gasteiger partial charge >= 0.3 is 5.97 Å². The fraction of sp³-hybridized carbons (Fsp3) is 0.733. The molecule has 1 amide bonds. The summed E-state index contributed by atoms with van der Waals surface area (Å²) in [5, 5.41) is 9.26. The number of aliphatic carboxylic acids is 1. The third kappa shape index (κ3) is 4.08. The van der Waals surface area contributed by atoms with Crippen molar-refractivity contribution in [1.82, 2.24) is 4.90 Å². The highest BCUT2D eigenvalue weighted by Crippen LogP contribution is 2.39. The lowest BCUT2D eigenvalue weighted by atomic mass is 9.95. The molecule has 1 unspecified atom stereocenters. The second-order valence-electron chi connectivity index (χ2n) is 5.49. The van der Waals surface area contributed by atoms with Gasteiger partial charge < -0.3 is 10.0 Å². The van der Waals surface area contributed by atoms with Gasteiger partial charge in [0.1, 0.15) is 0 Å². The van der Waals surface area contributed by atoms with Crippen LogP contribution in [-0.2, 0) is 9.59 Å². The van der Waals surface area contributed by atoms with E-state index >= 15 is 0 Å². The Morgan fingerprint density at radius 2 is 2.00 bits per heavy atom. The zero-order chi connectivity index (χ0) is 14.4. The molecule has 0 aromatic rings. The van der Waals surface area contributed by atoms with E-state index in [9.17, 15) is 14.7 Å². The first-order valence-electron chi connectivity index (χ1n) is 7.09. The van der Waals surface area contributed by atoms with Crippen LogP contribution in [0.15, 0.2) is 12.7 Å². The SMILES string of the molecule is C=CCCCN(C)C(=O)[C@H]1CC(CC)C[C@H]1C(=O)O. The van der Waals surface area contributed by atoms with Gasteiger partial charge in [-0.3, -0.25) is 9.59 Å². The van der Waals surface area contributed by atoms with E-state index in [0.29, 0.717) is 18.9 Å². The predicted octanol–water partition coefficient (Wildman–Crippen LogP) is 2.55. The van der Waals surface area contributed by atoms with Crippen molar-refractivity contribution in [3.8, 4) is 0 Å². The van der Waals surface area contributed by atoms with Crippen LogP contribution in [-0.4, -0.2) is 35.5 Å². The summed E-state index contributed by atoms with van der Waals surface area (Å²) in [7, 11) is 1.77. The lowest BCUT2D eigenvalue weighted by Crippen LogP contribution is -2.37. The Hall–Kier alpha value is -1.32. The minimum atomic E-state index is -0.825. The smallest absolute Gasteiger partial charge is 0.307 e. The molecule has 0 bridgehead atoms. The van der Waals surface area contributed by atoms with E-state index in [0.717, 1.165) is 25.7 Å². The van der Waals surface area contributed by atoms with Gasteiger partial charge in [0.05, 0.1) is 11.8 Å². The third-order valence-corrected chi connectivity index (χ3v) is 4.15. The molecule has 1 fully saturated rings. The van der Waals surface area contributed by atoms with Crippen LogP contribution in [0.4, 0.5) is 0 Å². The summed E-state index contributed by atoms with van der Waals surface area (Å²) in [6, 6.07) is 0. The van der Waals surface area contributed by atoms with E-state index in [1.807, 2.05) is 6.08 Å². The Kier molecular flexibility index (Phi) is 6.06. The number of nitrogens with zero attached hydrogens (tertiary/aromatic N) is 1. The second-order valence-corrected chi connectivity index (χ2v) is 5.49. The molecule has 1 N–H and O–H groups in total. The molecule has 4 heteroatoms. The summed E-state index contributed by atoms with van der Waals surface area (Å²) < 4.78 is 0. The number of carbonyl (C=O) groups excluding carboxylic acids is 1. The number of carboxylic acid groups (broad SMARTS) is 1. The van der Waals surface area contributed by atoms with Crippen molar-refractivity contribution in [3.05, 3.63) is 12.7 Å². The van der Waals surface area contributed by atoms with Gasteiger partial charge in [-0.1, -0.05) is 19.4 Å². The average Bonchev–Trinajstić information content (AvgIpc) is 2.82. The lowest BCUT2D eigenvalue weighted by Gasteiger charge is -2.23. The first-order chi connectivity index (χ1) is 9.01. The number of rotatable bonds is 7. The maximum Gasteiger partial charge on any atom is 0.307 e. The molecule has 0 saturated heterocycles. The summed E-state index contributed by atoms with van der Waals surface area (Å²) >= 11 is 0. The molecule has 1 rings (SSSR count). The maximum atomic E-state index is 12.4. The number of carboxylic acids is 1. The van der Waals surface area contributed by atoms with Crippen LogP contribution in [0, 0.1) is 17.8 Å². The summed E-state index contributed by atoms with van der Waals surface area (Å²) in [6.45, 7) is 6.39. The Morgan fingerprint density at radius 3 is 2.53 bits per heavy atom. The van der Waals surface area contributed by atoms with Crippen LogP contribution >= 0.6 is 0 Å². The lowest BCUT2D eigenvalue weighted by molar-refractivity contribution is -0.148. The van der Waals surface area contributed by atoms with E-state index in [-0.39, 0.29) is 11.8 Å². The van der Waals surface area contributed by atoms with Crippen LogP contribution in [0.25, 0.3) is 0 Å². The highest BCUT2D eigenvalue weighted by Gasteiger charge is 2.42. The van der Waals surface area contributed by atoms with Gasteiger partial charge in [-0.25, -0.2) is 0 Å². The molecular formula is C15H25NO3. The van der Waals surface area contributed by atoms with Crippen molar-refractivity contribution in [2.45, 2.75) is 39.0 Å². The van der Waals surface area contributed by atoms with Crippen LogP contribution in [0.1, 0.15) is 39.0 Å². The molecule has 0 spiro atoms. The monoisotopic (exact) mass is 267 g/mol. The standard InChI is InChI=1S/C15H25NO3/c1-4-6-7-8-16(3)14(17)12-9-11(5-2)10-13(12)15(18)19/h4,11-13H,1,5-10H2,2-3H3,(H,18,19)/t11?,12-,13+/m0/s1. The Bertz CT molecular complexity index is 340. The fourth-order valence-electron chi connectivity index (χ4n) is 2.89. The van der Waals surface area contributed by atoms with Crippen molar-refractivity contribution in [2.75, 3.05) is 13.6 Å². The third-order valence-electron chi connectivity index (χ3n) is 4.15. The molecule has 3 atom stereocenters. The zero-order valence-corrected chi connectivity index (χ0v) is 12.0. The molecule has 0 aromatic carbocycles. The van der Waals surface area contributed by atoms with Crippen molar-refractivity contribution >= 4 is 11.9 Å². The molecule has 1 aliphatic rings. The molecule has 0 aliphatic heterocycles. The van der Waals surface area contributed by atoms with E-state index in [2.05, 4.69) is 13.5 Å². The first kappa shape index (κ1) is 15.7. The molecule has 19 heavy (non-hydrogen) atoms. The number of amides is 1. The van der Waals surface area contributed by atoms with Crippen molar-refractivity contribution < 1.29 is 14.7 Å². The Morgan fingerprint density at radius 1 is 1.37 bits per heavy atom. The number of unbranched alkanes of at least 4 members (excludes halogenated alkanes) is 1. The van der Waals surface area contributed by atoms with Crippen LogP contribution in [0.2, 0.25) is 0 Å². The molecule has 0 heterocycles. The molecule has 0 aromatic heterocycles. The minimum absolute atomic E-state index is 0.00703. The highest BCUT2D eigenvalue weighted by atomic mass is 16.4. The second kappa shape index (κ2) is 7.31. The number of allylic oxidation sites excluding steroid dienone is 1. The molecular weight excluding hydrogens is 242 g/mol. The van der Waals surface area contributed by atoms with Gasteiger partial charge in [-0.2, -0.15) is 0 Å². The van der Waals surface area contributed by atoms with Crippen molar-refractivity contribution in [2.24, 2.45) is 17.8 Å². The van der Waals surface area contributed by atoms with Gasteiger partial charge in [0.2, 0.25) is 5.91 Å². The van der Waals surface area contributed by atoms with Gasteiger partial charge in [0.25, 0.3) is 0 Å². The van der Waals surface area contributed by atoms with Gasteiger partial charge in [0.15, 0.2) is 0 Å². The van der Waals surface area contributed by atoms with E-state index in [1.54, 1.807) is 11.9 Å². The zero-order valence-electron chi connectivity index (χ0n) is 12.0. The quantitative estimate of drug-likeness (QED) is 0.569. The summed E-state index contributed by atoms with van der Waals surface area (Å²) in [5.41, 5.74) is 0. The predicted molar refractivity (Wildman–Crippen MR) is 74.7 cm³/mol. The normalized spacial score (nSPS) is 26.1. The van der Waals surface area contributed by atoms with Gasteiger partial charge in [-0.15, -0.1) is 6.58 Å². The molecule has 108 valence electrons. The molecule has 1 aliphatic carbocycles. The summed E-state index contributed by atoms with van der Waals surface area (Å²) in [6.07, 6.45) is 5.91. The topological polar surface area (TPSA) is 57.6 Å². The highest BCUT2D eigenvalue weighted by molar-refractivity contribution is 5.85. The number of carbonyl (C=O) groups is 2. The molecule has 1 saturated carbocycles. The Labute approximate surface area is 115 Å². The van der Waals surface area contributed by atoms with Crippen LogP contribution in [0.5, 0.6) is 0 Å². The van der Waals surface area contributed by atoms with E-state index < -0.39 is 11.9 Å².